The molecule has 4 saturated carbocycles. The number of piperazine rings is 1. The Morgan fingerprint density at radius 1 is 1.12 bits per heavy atom. The molecule has 32 heavy (non-hydrogen) atoms. The van der Waals surface area contributed by atoms with Gasteiger partial charge in [0.15, 0.2) is 0 Å². The van der Waals surface area contributed by atoms with Gasteiger partial charge >= 0.3 is 0 Å². The van der Waals surface area contributed by atoms with Gasteiger partial charge in [-0.15, -0.1) is 0 Å². The number of nitro groups is 1. The monoisotopic (exact) mass is 440 g/mol. The Balaban J connectivity index is 1.34. The van der Waals surface area contributed by atoms with E-state index >= 15 is 0 Å². The van der Waals surface area contributed by atoms with Gasteiger partial charge in [-0.05, 0) is 80.8 Å². The average Bonchev–Trinajstić information content (AvgIpc) is 2.77. The molecule has 0 radical (unpaired) electrons. The molecule has 5 aliphatic rings. The van der Waals surface area contributed by atoms with Gasteiger partial charge in [-0.3, -0.25) is 14.9 Å². The molecule has 1 heterocycles. The third-order valence-electron chi connectivity index (χ3n) is 8.85. The Hall–Kier alpha value is -2.31. The highest BCUT2D eigenvalue weighted by molar-refractivity contribution is 5.76. The summed E-state index contributed by atoms with van der Waals surface area (Å²) in [6.45, 7) is 7.07. The number of nitrogens with one attached hydrogen (secondary N) is 1. The lowest BCUT2D eigenvalue weighted by Gasteiger charge is -2.59. The molecule has 1 atom stereocenters. The maximum Gasteiger partial charge on any atom is 0.292 e. The first-order valence-electron chi connectivity index (χ1n) is 12.4. The fourth-order valence-corrected chi connectivity index (χ4v) is 7.53. The van der Waals surface area contributed by atoms with Crippen molar-refractivity contribution in [2.45, 2.75) is 64.8 Å². The molecule has 1 N–H and O–H groups in total. The van der Waals surface area contributed by atoms with Crippen LogP contribution in [0.15, 0.2) is 18.2 Å². The smallest absolute Gasteiger partial charge is 0.292 e. The number of nitro benzene ring substituents is 1. The van der Waals surface area contributed by atoms with Gasteiger partial charge in [0.1, 0.15) is 5.69 Å². The van der Waals surface area contributed by atoms with E-state index in [4.69, 9.17) is 0 Å². The highest BCUT2D eigenvalue weighted by Crippen LogP contribution is 2.61. The lowest BCUT2D eigenvalue weighted by atomic mass is 9.48. The van der Waals surface area contributed by atoms with Crippen LogP contribution in [0.3, 0.4) is 0 Å². The van der Waals surface area contributed by atoms with Crippen LogP contribution in [0.25, 0.3) is 0 Å². The minimum atomic E-state index is -0.267. The summed E-state index contributed by atoms with van der Waals surface area (Å²) in [5.74, 6) is 2.76. The van der Waals surface area contributed by atoms with Crippen LogP contribution in [0.5, 0.6) is 0 Å². The maximum absolute atomic E-state index is 12.0. The van der Waals surface area contributed by atoms with E-state index in [-0.39, 0.29) is 28.0 Å². The number of amides is 1. The van der Waals surface area contributed by atoms with Gasteiger partial charge in [-0.25, -0.2) is 0 Å². The SMILES string of the molecule is CCC(=O)N1CCN(c2ccc([N+](=O)[O-])c(NC(C)C34CC5CC(CC(C5)C3)C4)c2)CC1. The molecule has 7 heteroatoms. The lowest BCUT2D eigenvalue weighted by molar-refractivity contribution is -0.384. The molecular formula is C25H36N4O3. The second-order valence-electron chi connectivity index (χ2n) is 10.8. The first-order chi connectivity index (χ1) is 15.4. The van der Waals surface area contributed by atoms with Crippen molar-refractivity contribution in [3.05, 3.63) is 28.3 Å². The second-order valence-corrected chi connectivity index (χ2v) is 10.8. The number of rotatable bonds is 6. The largest absolute Gasteiger partial charge is 0.376 e. The van der Waals surface area contributed by atoms with Crippen molar-refractivity contribution < 1.29 is 9.72 Å². The first kappa shape index (κ1) is 21.5. The third-order valence-corrected chi connectivity index (χ3v) is 8.85. The van der Waals surface area contributed by atoms with Crippen molar-refractivity contribution in [3.8, 4) is 0 Å². The molecule has 1 aromatic rings. The molecule has 1 saturated heterocycles. The fourth-order valence-electron chi connectivity index (χ4n) is 7.53. The lowest BCUT2D eigenvalue weighted by Crippen LogP contribution is -2.53. The molecule has 7 nitrogen and oxygen atoms in total. The van der Waals surface area contributed by atoms with Crippen LogP contribution in [-0.4, -0.2) is 48.0 Å². The summed E-state index contributed by atoms with van der Waals surface area (Å²) in [6, 6.07) is 5.69. The summed E-state index contributed by atoms with van der Waals surface area (Å²) in [5, 5.41) is 15.4. The van der Waals surface area contributed by atoms with E-state index < -0.39 is 0 Å². The molecule has 4 aliphatic carbocycles. The summed E-state index contributed by atoms with van der Waals surface area (Å²) in [5.41, 5.74) is 2.08. The van der Waals surface area contributed by atoms with Crippen molar-refractivity contribution in [3.63, 3.8) is 0 Å². The van der Waals surface area contributed by atoms with Crippen LogP contribution < -0.4 is 10.2 Å². The number of carbonyl (C=O) groups is 1. The summed E-state index contributed by atoms with van der Waals surface area (Å²) in [7, 11) is 0. The van der Waals surface area contributed by atoms with E-state index in [0.29, 0.717) is 25.2 Å². The zero-order valence-corrected chi connectivity index (χ0v) is 19.4. The number of nitrogens with zero attached hydrogens (tertiary/aromatic N) is 3. The summed E-state index contributed by atoms with van der Waals surface area (Å²) in [6.07, 6.45) is 8.54. The molecule has 1 aliphatic heterocycles. The van der Waals surface area contributed by atoms with E-state index in [0.717, 1.165) is 36.5 Å². The number of benzene rings is 1. The van der Waals surface area contributed by atoms with E-state index in [1.165, 1.54) is 38.5 Å². The summed E-state index contributed by atoms with van der Waals surface area (Å²) < 4.78 is 0. The number of hydrogen-bond donors (Lipinski definition) is 1. The molecule has 5 fully saturated rings. The third kappa shape index (κ3) is 3.84. The zero-order chi connectivity index (χ0) is 22.5. The Morgan fingerprint density at radius 2 is 1.72 bits per heavy atom. The van der Waals surface area contributed by atoms with E-state index in [1.807, 2.05) is 24.0 Å². The molecule has 0 spiro atoms. The Bertz CT molecular complexity index is 858. The van der Waals surface area contributed by atoms with Gasteiger partial charge in [0.25, 0.3) is 5.69 Å². The highest BCUT2D eigenvalue weighted by atomic mass is 16.6. The van der Waals surface area contributed by atoms with Crippen molar-refractivity contribution >= 4 is 23.0 Å². The predicted octanol–water partition coefficient (Wildman–Crippen LogP) is 4.67. The number of anilines is 2. The molecule has 4 bridgehead atoms. The van der Waals surface area contributed by atoms with Gasteiger partial charge in [-0.1, -0.05) is 6.92 Å². The van der Waals surface area contributed by atoms with Crippen LogP contribution in [0, 0.1) is 33.3 Å². The number of hydrogen-bond acceptors (Lipinski definition) is 5. The Kier molecular flexibility index (Phi) is 5.54. The van der Waals surface area contributed by atoms with E-state index in [2.05, 4.69) is 17.1 Å². The minimum Gasteiger partial charge on any atom is -0.376 e. The van der Waals surface area contributed by atoms with E-state index in [9.17, 15) is 14.9 Å². The quantitative estimate of drug-likeness (QED) is 0.514. The average molecular weight is 441 g/mol. The van der Waals surface area contributed by atoms with Crippen LogP contribution in [0.2, 0.25) is 0 Å². The molecule has 0 aromatic heterocycles. The van der Waals surface area contributed by atoms with Gasteiger partial charge < -0.3 is 15.1 Å². The van der Waals surface area contributed by atoms with Crippen LogP contribution in [0.4, 0.5) is 17.1 Å². The van der Waals surface area contributed by atoms with Gasteiger partial charge in [0.2, 0.25) is 5.91 Å². The molecule has 174 valence electrons. The standard InChI is InChI=1S/C25H36N4O3/c1-3-24(30)28-8-6-27(7-9-28)21-4-5-23(29(31)32)22(13-21)26-17(2)25-14-18-10-19(15-25)12-20(11-18)16-25/h4-5,13,17-20,26H,3,6-12,14-16H2,1-2H3. The second kappa shape index (κ2) is 8.23. The molecule has 1 amide bonds. The van der Waals surface area contributed by atoms with E-state index in [1.54, 1.807) is 6.07 Å². The summed E-state index contributed by atoms with van der Waals surface area (Å²) >= 11 is 0. The Labute approximate surface area is 190 Å². The first-order valence-corrected chi connectivity index (χ1v) is 12.4. The van der Waals surface area contributed by atoms with Crippen molar-refractivity contribution in [1.82, 2.24) is 4.90 Å². The maximum atomic E-state index is 12.0. The van der Waals surface area contributed by atoms with Crippen molar-refractivity contribution in [1.29, 1.82) is 0 Å². The molecular weight excluding hydrogens is 404 g/mol. The fraction of sp³-hybridized carbons (Fsp3) is 0.720. The van der Waals surface area contributed by atoms with Crippen molar-refractivity contribution in [2.24, 2.45) is 23.2 Å². The number of carbonyl (C=O) groups excluding carboxylic acids is 1. The highest BCUT2D eigenvalue weighted by Gasteiger charge is 2.53. The Morgan fingerprint density at radius 3 is 2.25 bits per heavy atom. The van der Waals surface area contributed by atoms with Gasteiger partial charge in [0.05, 0.1) is 4.92 Å². The molecule has 6 rings (SSSR count). The van der Waals surface area contributed by atoms with Crippen molar-refractivity contribution in [2.75, 3.05) is 36.4 Å². The van der Waals surface area contributed by atoms with Crippen LogP contribution >= 0.6 is 0 Å². The van der Waals surface area contributed by atoms with Crippen LogP contribution in [-0.2, 0) is 4.79 Å². The molecule has 1 unspecified atom stereocenters. The predicted molar refractivity (Wildman–Crippen MR) is 126 cm³/mol. The molecule has 1 aromatic carbocycles. The zero-order valence-electron chi connectivity index (χ0n) is 19.4. The van der Waals surface area contributed by atoms with Gasteiger partial charge in [0, 0.05) is 50.4 Å². The minimum absolute atomic E-state index is 0.158. The summed E-state index contributed by atoms with van der Waals surface area (Å²) in [4.78, 5) is 27.7. The topological polar surface area (TPSA) is 78.7 Å². The van der Waals surface area contributed by atoms with Crippen LogP contribution in [0.1, 0.15) is 58.8 Å². The van der Waals surface area contributed by atoms with Gasteiger partial charge in [-0.2, -0.15) is 0 Å². The normalized spacial score (nSPS) is 32.1.